The molecule has 4 rings (SSSR count). The summed E-state index contributed by atoms with van der Waals surface area (Å²) in [5.41, 5.74) is 0. The van der Waals surface area contributed by atoms with Gasteiger partial charge in [-0.15, -0.1) is 0 Å². The average Bonchev–Trinajstić information content (AvgIpc) is 2.64. The van der Waals surface area contributed by atoms with Gasteiger partial charge in [0.25, 0.3) is 12.1 Å². The first-order valence-electron chi connectivity index (χ1n) is 10.2. The topological polar surface area (TPSA) is 112 Å². The largest absolute Gasteiger partial charge is 0.422 e. The van der Waals surface area contributed by atoms with E-state index in [1.807, 2.05) is 0 Å². The fourth-order valence-electron chi connectivity index (χ4n) is 4.53. The molecule has 0 aromatic carbocycles. The van der Waals surface area contributed by atoms with E-state index in [4.69, 9.17) is 14.2 Å². The maximum Gasteiger partial charge on any atom is 0.330 e. The lowest BCUT2D eigenvalue weighted by molar-refractivity contribution is -0.413. The smallest absolute Gasteiger partial charge is 0.330 e. The molecule has 4 fully saturated rings. The van der Waals surface area contributed by atoms with Crippen molar-refractivity contribution >= 4 is 17.9 Å². The third kappa shape index (κ3) is 3.67. The van der Waals surface area contributed by atoms with Crippen molar-refractivity contribution in [1.29, 1.82) is 0 Å². The van der Waals surface area contributed by atoms with Gasteiger partial charge in [0, 0.05) is 12.8 Å². The Hall–Kier alpha value is -1.93. The fraction of sp³-hybridized carbons (Fsp3) is 0.750. The van der Waals surface area contributed by atoms with Crippen molar-refractivity contribution in [3.8, 4) is 0 Å². The molecule has 0 amide bonds. The molecule has 2 saturated heterocycles. The van der Waals surface area contributed by atoms with Gasteiger partial charge in [0.05, 0.1) is 12.8 Å². The van der Waals surface area contributed by atoms with Crippen LogP contribution in [-0.4, -0.2) is 45.6 Å². The predicted octanol–water partition coefficient (Wildman–Crippen LogP) is 1.60. The SMILES string of the molecule is O=C1OC2(CCCCC2)OC(=O)C1/C=C/C1C(=O)OC2(CCCCC2)[OH+]C1O. The molecule has 8 nitrogen and oxygen atoms in total. The molecule has 2 unspecified atom stereocenters. The van der Waals surface area contributed by atoms with Crippen LogP contribution in [0.15, 0.2) is 12.2 Å². The van der Waals surface area contributed by atoms with E-state index in [-0.39, 0.29) is 0 Å². The molecule has 4 aliphatic rings. The van der Waals surface area contributed by atoms with E-state index in [1.165, 1.54) is 12.2 Å². The quantitative estimate of drug-likeness (QED) is 0.327. The highest BCUT2D eigenvalue weighted by atomic mass is 16.8. The van der Waals surface area contributed by atoms with Gasteiger partial charge >= 0.3 is 23.7 Å². The zero-order valence-corrected chi connectivity index (χ0v) is 15.8. The summed E-state index contributed by atoms with van der Waals surface area (Å²) >= 11 is 0. The van der Waals surface area contributed by atoms with Gasteiger partial charge in [-0.25, -0.2) is 0 Å². The molecule has 2 saturated carbocycles. The molecule has 0 aromatic rings. The van der Waals surface area contributed by atoms with Crippen LogP contribution in [0.2, 0.25) is 0 Å². The molecule has 2 spiro atoms. The van der Waals surface area contributed by atoms with Crippen LogP contribution in [0.25, 0.3) is 0 Å². The van der Waals surface area contributed by atoms with E-state index in [0.29, 0.717) is 25.7 Å². The van der Waals surface area contributed by atoms with Crippen molar-refractivity contribution in [3.05, 3.63) is 12.2 Å². The Morgan fingerprint density at radius 3 is 1.93 bits per heavy atom. The van der Waals surface area contributed by atoms with Gasteiger partial charge in [0.15, 0.2) is 11.8 Å². The lowest BCUT2D eigenvalue weighted by atomic mass is 9.91. The van der Waals surface area contributed by atoms with Crippen LogP contribution in [-0.2, 0) is 28.6 Å². The zero-order valence-electron chi connectivity index (χ0n) is 15.8. The summed E-state index contributed by atoms with van der Waals surface area (Å²) < 4.78 is 20.7. The highest BCUT2D eigenvalue weighted by Crippen LogP contribution is 2.39. The minimum Gasteiger partial charge on any atom is -0.422 e. The van der Waals surface area contributed by atoms with Crippen molar-refractivity contribution in [2.75, 3.05) is 0 Å². The summed E-state index contributed by atoms with van der Waals surface area (Å²) in [5, 5.41) is 10.4. The molecule has 8 heteroatoms. The van der Waals surface area contributed by atoms with Crippen molar-refractivity contribution in [3.63, 3.8) is 0 Å². The Labute approximate surface area is 163 Å². The molecular formula is C20H27O8+. The number of hydrogen-bond donors (Lipinski definition) is 1. The zero-order chi connectivity index (χ0) is 19.8. The number of esters is 3. The van der Waals surface area contributed by atoms with E-state index in [2.05, 4.69) is 4.74 Å². The number of aliphatic hydroxyl groups excluding tert-OH is 1. The summed E-state index contributed by atoms with van der Waals surface area (Å²) in [4.78, 5) is 37.2. The monoisotopic (exact) mass is 395 g/mol. The van der Waals surface area contributed by atoms with Crippen LogP contribution in [0.4, 0.5) is 0 Å². The first-order valence-corrected chi connectivity index (χ1v) is 10.2. The lowest BCUT2D eigenvalue weighted by Crippen LogP contribution is -2.55. The van der Waals surface area contributed by atoms with Gasteiger partial charge in [-0.3, -0.25) is 14.4 Å². The fourth-order valence-corrected chi connectivity index (χ4v) is 4.53. The summed E-state index contributed by atoms with van der Waals surface area (Å²) in [6, 6.07) is 0. The number of rotatable bonds is 2. The molecule has 2 atom stereocenters. The van der Waals surface area contributed by atoms with Gasteiger partial charge in [0.2, 0.25) is 0 Å². The van der Waals surface area contributed by atoms with E-state index in [1.54, 1.807) is 0 Å². The minimum absolute atomic E-state index is 0.509. The first-order chi connectivity index (χ1) is 13.4. The number of carbonyl (C=O) groups excluding carboxylic acids is 3. The second kappa shape index (κ2) is 7.48. The molecule has 2 N–H and O–H groups in total. The van der Waals surface area contributed by atoms with E-state index >= 15 is 0 Å². The molecule has 0 aromatic heterocycles. The van der Waals surface area contributed by atoms with Crippen molar-refractivity contribution in [2.24, 2.45) is 11.8 Å². The highest BCUT2D eigenvalue weighted by Gasteiger charge is 2.53. The van der Waals surface area contributed by atoms with Crippen molar-refractivity contribution in [1.82, 2.24) is 0 Å². The molecule has 0 bridgehead atoms. The summed E-state index contributed by atoms with van der Waals surface area (Å²) in [5.74, 6) is -6.35. The number of hydrogen-bond acceptors (Lipinski definition) is 7. The van der Waals surface area contributed by atoms with Crippen LogP contribution in [0.5, 0.6) is 0 Å². The van der Waals surface area contributed by atoms with Crippen LogP contribution in [0.3, 0.4) is 0 Å². The van der Waals surface area contributed by atoms with Crippen molar-refractivity contribution < 1.29 is 38.4 Å². The average molecular weight is 395 g/mol. The second-order valence-electron chi connectivity index (χ2n) is 8.17. The Morgan fingerprint density at radius 2 is 1.36 bits per heavy atom. The van der Waals surface area contributed by atoms with Gasteiger partial charge in [0.1, 0.15) is 0 Å². The van der Waals surface area contributed by atoms with Crippen LogP contribution in [0.1, 0.15) is 64.2 Å². The van der Waals surface area contributed by atoms with Crippen LogP contribution < -0.4 is 0 Å². The maximum atomic E-state index is 12.4. The Morgan fingerprint density at radius 1 is 0.786 bits per heavy atom. The standard InChI is InChI=1S/C20H26O8/c21-15-13(16(22)26-19(25-15)9-3-1-4-10-19)7-8-14-17(23)27-20(28-18(14)24)11-5-2-6-12-20/h7-8,13-15,21H,1-6,9-12H2/p+1/b8-7+. The molecule has 28 heavy (non-hydrogen) atoms. The van der Waals surface area contributed by atoms with E-state index in [0.717, 1.165) is 38.5 Å². The Balaban J connectivity index is 1.42. The summed E-state index contributed by atoms with van der Waals surface area (Å²) in [6.07, 6.45) is 9.06. The summed E-state index contributed by atoms with van der Waals surface area (Å²) in [6.45, 7) is 0. The molecule has 2 aliphatic carbocycles. The van der Waals surface area contributed by atoms with Gasteiger partial charge < -0.3 is 24.1 Å². The van der Waals surface area contributed by atoms with Gasteiger partial charge in [-0.2, -0.15) is 0 Å². The third-order valence-electron chi connectivity index (χ3n) is 6.09. The normalized spacial score (nSPS) is 33.0. The van der Waals surface area contributed by atoms with Gasteiger partial charge in [-0.1, -0.05) is 25.0 Å². The van der Waals surface area contributed by atoms with E-state index in [9.17, 15) is 19.5 Å². The maximum absolute atomic E-state index is 12.4. The number of carbonyl (C=O) groups is 3. The molecule has 0 radical (unpaired) electrons. The molecule has 154 valence electrons. The first kappa shape index (κ1) is 19.4. The lowest BCUT2D eigenvalue weighted by Gasteiger charge is -2.40. The third-order valence-corrected chi connectivity index (χ3v) is 6.09. The number of ether oxygens (including phenoxy) is 4. The van der Waals surface area contributed by atoms with Crippen molar-refractivity contribution in [2.45, 2.75) is 82.1 Å². The minimum atomic E-state index is -1.27. The van der Waals surface area contributed by atoms with E-state index < -0.39 is 47.6 Å². The predicted molar refractivity (Wildman–Crippen MR) is 94.3 cm³/mol. The second-order valence-corrected chi connectivity index (χ2v) is 8.17. The summed E-state index contributed by atoms with van der Waals surface area (Å²) in [7, 11) is 0. The molecule has 2 aliphatic heterocycles. The van der Waals surface area contributed by atoms with Crippen LogP contribution >= 0.6 is 0 Å². The Bertz CT molecular complexity index is 652. The number of aliphatic hydroxyl groups is 3. The highest BCUT2D eigenvalue weighted by molar-refractivity contribution is 5.98. The molecular weight excluding hydrogens is 368 g/mol. The van der Waals surface area contributed by atoms with Crippen LogP contribution in [0, 0.1) is 11.8 Å². The Kier molecular flexibility index (Phi) is 5.18. The van der Waals surface area contributed by atoms with Gasteiger partial charge in [-0.05, 0) is 25.7 Å². The molecule has 2 heterocycles.